The van der Waals surface area contributed by atoms with Gasteiger partial charge in [0, 0.05) is 18.3 Å². The van der Waals surface area contributed by atoms with Gasteiger partial charge in [0.25, 0.3) is 0 Å². The number of amides is 1. The molecule has 8 nitrogen and oxygen atoms in total. The number of hydrazine groups is 1. The molecule has 0 spiro atoms. The number of guanidine groups is 1. The Morgan fingerprint density at radius 1 is 1.47 bits per heavy atom. The highest BCUT2D eigenvalue weighted by Gasteiger charge is 2.47. The number of nitrogens with zero attached hydrogens (tertiary/aromatic N) is 3. The monoisotopic (exact) mass is 424 g/mol. The smallest absolute Gasteiger partial charge is 0.235 e. The molecule has 0 bridgehead atoms. The van der Waals surface area contributed by atoms with Crippen LogP contribution in [0.15, 0.2) is 52.6 Å². The molecule has 0 saturated carbocycles. The lowest BCUT2D eigenvalue weighted by Gasteiger charge is -2.40. The van der Waals surface area contributed by atoms with E-state index in [-0.39, 0.29) is 11.9 Å². The van der Waals surface area contributed by atoms with E-state index in [0.717, 1.165) is 21.7 Å². The van der Waals surface area contributed by atoms with E-state index in [2.05, 4.69) is 11.5 Å². The standard InChI is InChI=1S/C21H25N7OS/c1-21(18-8-15(12-30-18)14-6-4-5-13(7-14)10-22)17(9-16(27-24)11-25-2)19(29)28(3)20(23)26-21/h4-8,11-12,17,25,27H,9,24H2,1-3H3,(H2,23,26)/p+1/b16-11-/t17?,21-/m0/s1. The number of benzene rings is 1. The molecule has 0 aliphatic carbocycles. The minimum atomic E-state index is -0.840. The number of rotatable bonds is 6. The van der Waals surface area contributed by atoms with Crippen LogP contribution in [-0.4, -0.2) is 30.9 Å². The molecular formula is C21H26N7OS+. The van der Waals surface area contributed by atoms with E-state index in [4.69, 9.17) is 16.6 Å². The molecule has 156 valence electrons. The molecule has 1 aliphatic heterocycles. The molecule has 30 heavy (non-hydrogen) atoms. The average Bonchev–Trinajstić information content (AvgIpc) is 3.25. The molecule has 3 rings (SSSR count). The van der Waals surface area contributed by atoms with Gasteiger partial charge in [-0.05, 0) is 41.6 Å². The van der Waals surface area contributed by atoms with Gasteiger partial charge in [-0.1, -0.05) is 12.1 Å². The fourth-order valence-corrected chi connectivity index (χ4v) is 4.69. The summed E-state index contributed by atoms with van der Waals surface area (Å²) in [6, 6.07) is 11.6. The Kier molecular flexibility index (Phi) is 6.22. The second kappa shape index (κ2) is 8.67. The van der Waals surface area contributed by atoms with Gasteiger partial charge in [0.1, 0.15) is 11.7 Å². The Labute approximate surface area is 179 Å². The molecule has 0 saturated heterocycles. The highest BCUT2D eigenvalue weighted by atomic mass is 32.1. The number of carbonyl (C=O) groups excluding carboxylic acids is 1. The maximum absolute atomic E-state index is 13.2. The van der Waals surface area contributed by atoms with Gasteiger partial charge in [0.15, 0.2) is 5.96 Å². The molecule has 0 radical (unpaired) electrons. The van der Waals surface area contributed by atoms with Crippen LogP contribution in [0.3, 0.4) is 0 Å². The number of allylic oxidation sites excluding steroid dienone is 1. The Morgan fingerprint density at radius 2 is 2.23 bits per heavy atom. The number of nitrogens with two attached hydrogens (primary N) is 3. The summed E-state index contributed by atoms with van der Waals surface area (Å²) in [6.07, 6.45) is 2.25. The van der Waals surface area contributed by atoms with Crippen LogP contribution >= 0.6 is 11.3 Å². The molecule has 9 heteroatoms. The molecule has 1 unspecified atom stereocenters. The topological polar surface area (TPSA) is 137 Å². The summed E-state index contributed by atoms with van der Waals surface area (Å²) in [5, 5.41) is 13.1. The van der Waals surface area contributed by atoms with Crippen molar-refractivity contribution in [1.29, 1.82) is 5.26 Å². The third-order valence-electron chi connectivity index (χ3n) is 5.40. The normalized spacial score (nSPS) is 21.9. The summed E-state index contributed by atoms with van der Waals surface area (Å²) in [7, 11) is 3.52. The summed E-state index contributed by atoms with van der Waals surface area (Å²) in [5.41, 5.74) is 11.2. The zero-order valence-corrected chi connectivity index (χ0v) is 18.0. The van der Waals surface area contributed by atoms with E-state index in [0.29, 0.717) is 12.0 Å². The van der Waals surface area contributed by atoms with Crippen LogP contribution in [0.1, 0.15) is 23.8 Å². The second-order valence-electron chi connectivity index (χ2n) is 7.33. The third kappa shape index (κ3) is 3.93. The first-order chi connectivity index (χ1) is 14.3. The Morgan fingerprint density at radius 3 is 2.90 bits per heavy atom. The maximum Gasteiger partial charge on any atom is 0.235 e. The second-order valence-corrected chi connectivity index (χ2v) is 8.24. The molecule has 1 aromatic carbocycles. The van der Waals surface area contributed by atoms with Gasteiger partial charge >= 0.3 is 0 Å². The summed E-state index contributed by atoms with van der Waals surface area (Å²) in [6.45, 7) is 1.93. The highest BCUT2D eigenvalue weighted by molar-refractivity contribution is 7.10. The number of hydrogen-bond acceptors (Lipinski definition) is 7. The molecule has 7 N–H and O–H groups in total. The molecule has 1 aromatic heterocycles. The predicted octanol–water partition coefficient (Wildman–Crippen LogP) is 0.793. The lowest BCUT2D eigenvalue weighted by molar-refractivity contribution is -0.557. The zero-order valence-electron chi connectivity index (χ0n) is 17.2. The molecule has 0 fully saturated rings. The number of nitriles is 1. The van der Waals surface area contributed by atoms with Crippen molar-refractivity contribution in [3.8, 4) is 17.2 Å². The van der Waals surface area contributed by atoms with E-state index in [1.54, 1.807) is 13.1 Å². The van der Waals surface area contributed by atoms with E-state index >= 15 is 0 Å². The summed E-state index contributed by atoms with van der Waals surface area (Å²) in [4.78, 5) is 20.2. The first-order valence-electron chi connectivity index (χ1n) is 9.51. The van der Waals surface area contributed by atoms with Crippen molar-refractivity contribution in [2.45, 2.75) is 18.9 Å². The first kappa shape index (κ1) is 21.5. The van der Waals surface area contributed by atoms with Crippen LogP contribution in [0.2, 0.25) is 0 Å². The highest BCUT2D eigenvalue weighted by Crippen LogP contribution is 2.44. The van der Waals surface area contributed by atoms with Crippen molar-refractivity contribution in [3.05, 3.63) is 58.0 Å². The number of nitrogens with one attached hydrogen (secondary N) is 1. The molecule has 1 aliphatic rings. The van der Waals surface area contributed by atoms with Crippen molar-refractivity contribution in [1.82, 2.24) is 10.3 Å². The zero-order chi connectivity index (χ0) is 21.9. The minimum absolute atomic E-state index is 0.108. The Bertz CT molecular complexity index is 1050. The lowest BCUT2D eigenvalue weighted by Crippen LogP contribution is -2.73. The van der Waals surface area contributed by atoms with Gasteiger partial charge in [0.2, 0.25) is 5.91 Å². The minimum Gasteiger partial charge on any atom is -0.369 e. The molecule has 1 amide bonds. The number of hydrogen-bond donors (Lipinski definition) is 4. The Balaban J connectivity index is 2.06. The van der Waals surface area contributed by atoms with Crippen molar-refractivity contribution in [2.24, 2.45) is 22.5 Å². The largest absolute Gasteiger partial charge is 0.369 e. The summed E-state index contributed by atoms with van der Waals surface area (Å²) in [5.74, 6) is 5.27. The van der Waals surface area contributed by atoms with Crippen LogP contribution in [-0.2, 0) is 10.3 Å². The van der Waals surface area contributed by atoms with E-state index in [1.165, 1.54) is 16.2 Å². The number of carbonyl (C=O) groups is 1. The average molecular weight is 425 g/mol. The quantitative estimate of drug-likeness (QED) is 0.401. The number of thiophene rings is 1. The first-order valence-corrected chi connectivity index (χ1v) is 10.4. The van der Waals surface area contributed by atoms with E-state index in [9.17, 15) is 10.1 Å². The van der Waals surface area contributed by atoms with Gasteiger partial charge in [0.05, 0.1) is 30.3 Å². The van der Waals surface area contributed by atoms with Crippen LogP contribution < -0.4 is 22.3 Å². The number of aliphatic imine (C=N–C) groups is 1. The maximum atomic E-state index is 13.2. The Hall–Kier alpha value is -3.19. The van der Waals surface area contributed by atoms with Crippen molar-refractivity contribution >= 4 is 23.2 Å². The van der Waals surface area contributed by atoms with E-state index in [1.807, 2.05) is 55.1 Å². The fourth-order valence-electron chi connectivity index (χ4n) is 3.61. The predicted molar refractivity (Wildman–Crippen MR) is 118 cm³/mol. The molecule has 2 aromatic rings. The van der Waals surface area contributed by atoms with Crippen LogP contribution in [0.4, 0.5) is 0 Å². The van der Waals surface area contributed by atoms with E-state index < -0.39 is 11.5 Å². The molecule has 2 heterocycles. The van der Waals surface area contributed by atoms with Gasteiger partial charge in [-0.2, -0.15) is 5.26 Å². The van der Waals surface area contributed by atoms with Crippen molar-refractivity contribution < 1.29 is 10.1 Å². The van der Waals surface area contributed by atoms with Crippen LogP contribution in [0, 0.1) is 17.2 Å². The van der Waals surface area contributed by atoms with Gasteiger partial charge in [-0.15, -0.1) is 11.3 Å². The SMILES string of the molecule is C[NH2+]/C=C(/CC1C(=O)N(C)C(N)=N[C@]1(C)c1cc(-c2cccc(C#N)c2)cs1)NN. The fraction of sp³-hybridized carbons (Fsp3) is 0.286. The molecule has 2 atom stereocenters. The summed E-state index contributed by atoms with van der Waals surface area (Å²) < 4.78 is 0. The van der Waals surface area contributed by atoms with Crippen LogP contribution in [0.25, 0.3) is 11.1 Å². The molecular weight excluding hydrogens is 398 g/mol. The number of quaternary nitrogens is 1. The van der Waals surface area contributed by atoms with Crippen LogP contribution in [0.5, 0.6) is 0 Å². The summed E-state index contributed by atoms with van der Waals surface area (Å²) >= 11 is 1.53. The lowest BCUT2D eigenvalue weighted by atomic mass is 9.79. The van der Waals surface area contributed by atoms with Crippen molar-refractivity contribution in [3.63, 3.8) is 0 Å². The van der Waals surface area contributed by atoms with Crippen molar-refractivity contribution in [2.75, 3.05) is 14.1 Å². The van der Waals surface area contributed by atoms with Gasteiger partial charge in [-0.25, -0.2) is 4.99 Å². The van der Waals surface area contributed by atoms with Gasteiger partial charge < -0.3 is 16.5 Å². The van der Waals surface area contributed by atoms with Gasteiger partial charge in [-0.3, -0.25) is 15.5 Å². The third-order valence-corrected chi connectivity index (χ3v) is 6.56.